The van der Waals surface area contributed by atoms with E-state index in [1.807, 2.05) is 0 Å². The van der Waals surface area contributed by atoms with Gasteiger partial charge in [-0.3, -0.25) is 4.98 Å². The topological polar surface area (TPSA) is 94.9 Å². The van der Waals surface area contributed by atoms with Crippen molar-refractivity contribution in [3.8, 4) is 5.75 Å². The number of carbonyl (C=O) groups is 1. The highest BCUT2D eigenvalue weighted by Gasteiger charge is 2.33. The van der Waals surface area contributed by atoms with Gasteiger partial charge in [-0.2, -0.15) is 0 Å². The lowest BCUT2D eigenvalue weighted by Crippen LogP contribution is -2.44. The van der Waals surface area contributed by atoms with E-state index in [2.05, 4.69) is 10.3 Å². The van der Waals surface area contributed by atoms with Crippen molar-refractivity contribution in [2.75, 3.05) is 20.3 Å². The molecule has 1 aromatic heterocycles. The van der Waals surface area contributed by atoms with E-state index >= 15 is 0 Å². The van der Waals surface area contributed by atoms with Crippen LogP contribution in [-0.2, 0) is 6.54 Å². The molecular formula is C13H18FN3O4. The molecule has 21 heavy (non-hydrogen) atoms. The minimum atomic E-state index is -0.653. The van der Waals surface area contributed by atoms with Crippen molar-refractivity contribution in [3.63, 3.8) is 0 Å². The van der Waals surface area contributed by atoms with Crippen molar-refractivity contribution in [1.29, 1.82) is 0 Å². The Kier molecular flexibility index (Phi) is 4.92. The SMILES string of the molecule is COc1ccnc(CNC(=O)N2C[C@H](O)C[C@H]2CO)c1F. The maximum Gasteiger partial charge on any atom is 0.318 e. The molecule has 0 unspecified atom stereocenters. The number of hydrogen-bond acceptors (Lipinski definition) is 5. The summed E-state index contributed by atoms with van der Waals surface area (Å²) in [7, 11) is 1.35. The zero-order valence-electron chi connectivity index (χ0n) is 11.6. The third-order valence-corrected chi connectivity index (χ3v) is 3.42. The van der Waals surface area contributed by atoms with E-state index < -0.39 is 24.0 Å². The summed E-state index contributed by atoms with van der Waals surface area (Å²) in [5.41, 5.74) is 0.0583. The van der Waals surface area contributed by atoms with Gasteiger partial charge < -0.3 is 25.2 Å². The van der Waals surface area contributed by atoms with Crippen LogP contribution in [0, 0.1) is 5.82 Å². The monoisotopic (exact) mass is 299 g/mol. The number of hydrogen-bond donors (Lipinski definition) is 3. The van der Waals surface area contributed by atoms with Gasteiger partial charge in [-0.05, 0) is 6.42 Å². The van der Waals surface area contributed by atoms with Crippen LogP contribution in [0.3, 0.4) is 0 Å². The third-order valence-electron chi connectivity index (χ3n) is 3.42. The Hall–Kier alpha value is -1.93. The van der Waals surface area contributed by atoms with E-state index in [-0.39, 0.29) is 31.1 Å². The molecule has 1 aliphatic rings. The molecular weight excluding hydrogens is 281 g/mol. The fraction of sp³-hybridized carbons (Fsp3) is 0.538. The summed E-state index contributed by atoms with van der Waals surface area (Å²) >= 11 is 0. The first kappa shape index (κ1) is 15.5. The van der Waals surface area contributed by atoms with Crippen LogP contribution in [0.1, 0.15) is 12.1 Å². The van der Waals surface area contributed by atoms with E-state index in [1.54, 1.807) is 0 Å². The number of nitrogens with zero attached hydrogens (tertiary/aromatic N) is 2. The third kappa shape index (κ3) is 3.40. The van der Waals surface area contributed by atoms with Gasteiger partial charge in [-0.25, -0.2) is 9.18 Å². The molecule has 2 heterocycles. The van der Waals surface area contributed by atoms with Crippen molar-refractivity contribution < 1.29 is 24.1 Å². The maximum absolute atomic E-state index is 13.9. The quantitative estimate of drug-likeness (QED) is 0.720. The summed E-state index contributed by atoms with van der Waals surface area (Å²) in [5, 5.41) is 21.2. The van der Waals surface area contributed by atoms with Crippen molar-refractivity contribution >= 4 is 6.03 Å². The Balaban J connectivity index is 1.98. The number of aliphatic hydroxyl groups excluding tert-OH is 2. The van der Waals surface area contributed by atoms with Gasteiger partial charge in [-0.1, -0.05) is 0 Å². The van der Waals surface area contributed by atoms with Crippen molar-refractivity contribution in [1.82, 2.24) is 15.2 Å². The van der Waals surface area contributed by atoms with Crippen LogP contribution in [0.15, 0.2) is 12.3 Å². The molecule has 1 saturated heterocycles. The van der Waals surface area contributed by atoms with E-state index in [0.717, 1.165) is 0 Å². The van der Waals surface area contributed by atoms with E-state index in [4.69, 9.17) is 4.74 Å². The van der Waals surface area contributed by atoms with Crippen LogP contribution in [-0.4, -0.2) is 58.5 Å². The molecule has 3 N–H and O–H groups in total. The molecule has 2 rings (SSSR count). The number of amides is 2. The first-order valence-corrected chi connectivity index (χ1v) is 6.57. The van der Waals surface area contributed by atoms with Crippen molar-refractivity contribution in [3.05, 3.63) is 23.8 Å². The normalized spacial score (nSPS) is 21.4. The van der Waals surface area contributed by atoms with Crippen molar-refractivity contribution in [2.24, 2.45) is 0 Å². The number of ether oxygens (including phenoxy) is 1. The fourth-order valence-electron chi connectivity index (χ4n) is 2.32. The number of aliphatic hydroxyl groups is 2. The Morgan fingerprint density at radius 1 is 1.67 bits per heavy atom. The molecule has 0 bridgehead atoms. The van der Waals surface area contributed by atoms with Crippen LogP contribution < -0.4 is 10.1 Å². The van der Waals surface area contributed by atoms with Gasteiger partial charge in [0.25, 0.3) is 0 Å². The molecule has 1 aromatic rings. The predicted molar refractivity (Wildman–Crippen MR) is 71.2 cm³/mol. The molecule has 7 nitrogen and oxygen atoms in total. The summed E-state index contributed by atoms with van der Waals surface area (Å²) in [6.07, 6.45) is 1.06. The first-order chi connectivity index (χ1) is 10.1. The summed E-state index contributed by atoms with van der Waals surface area (Å²) in [5.74, 6) is -0.570. The predicted octanol–water partition coefficient (Wildman–Crippen LogP) is -0.134. The van der Waals surface area contributed by atoms with E-state index in [1.165, 1.54) is 24.3 Å². The van der Waals surface area contributed by atoms with E-state index in [0.29, 0.717) is 6.42 Å². The van der Waals surface area contributed by atoms with Gasteiger partial charge in [-0.15, -0.1) is 0 Å². The Morgan fingerprint density at radius 2 is 2.43 bits per heavy atom. The molecule has 1 aliphatic heterocycles. The van der Waals surface area contributed by atoms with Gasteiger partial charge in [0.1, 0.15) is 0 Å². The van der Waals surface area contributed by atoms with E-state index in [9.17, 15) is 19.4 Å². The zero-order chi connectivity index (χ0) is 15.4. The first-order valence-electron chi connectivity index (χ1n) is 6.57. The zero-order valence-corrected chi connectivity index (χ0v) is 11.6. The average molecular weight is 299 g/mol. The number of nitrogens with one attached hydrogen (secondary N) is 1. The largest absolute Gasteiger partial charge is 0.494 e. The molecule has 2 amide bonds. The second-order valence-corrected chi connectivity index (χ2v) is 4.81. The van der Waals surface area contributed by atoms with Crippen LogP contribution in [0.2, 0.25) is 0 Å². The number of pyridine rings is 1. The molecule has 0 radical (unpaired) electrons. The molecule has 0 aromatic carbocycles. The summed E-state index contributed by atoms with van der Waals surface area (Å²) in [6, 6.07) is 0.483. The van der Waals surface area contributed by atoms with Crippen LogP contribution in [0.25, 0.3) is 0 Å². The smallest absolute Gasteiger partial charge is 0.318 e. The molecule has 0 spiro atoms. The standard InChI is InChI=1S/C13H18FN3O4/c1-21-11-2-3-15-10(12(11)14)5-16-13(20)17-6-9(19)4-8(17)7-18/h2-3,8-9,18-19H,4-7H2,1H3,(H,16,20)/t8-,9+/m0/s1. The molecule has 2 atom stereocenters. The Morgan fingerprint density at radius 3 is 3.10 bits per heavy atom. The lowest BCUT2D eigenvalue weighted by Gasteiger charge is -2.23. The highest BCUT2D eigenvalue weighted by atomic mass is 19.1. The minimum absolute atomic E-state index is 0.0547. The second-order valence-electron chi connectivity index (χ2n) is 4.81. The number of β-amino-alcohol motifs (C(OH)–C–C–N with tert-alkyl or cyclic N) is 1. The number of halogens is 1. The summed E-state index contributed by atoms with van der Waals surface area (Å²) in [6.45, 7) is -0.187. The number of urea groups is 1. The molecule has 116 valence electrons. The lowest BCUT2D eigenvalue weighted by atomic mass is 10.2. The summed E-state index contributed by atoms with van der Waals surface area (Å²) in [4.78, 5) is 17.2. The average Bonchev–Trinajstić information content (AvgIpc) is 2.87. The van der Waals surface area contributed by atoms with Crippen molar-refractivity contribution in [2.45, 2.75) is 25.1 Å². The summed E-state index contributed by atoms with van der Waals surface area (Å²) < 4.78 is 18.7. The molecule has 1 fully saturated rings. The van der Waals surface area contributed by atoms with Gasteiger partial charge in [0.2, 0.25) is 0 Å². The Labute approximate surface area is 121 Å². The number of carbonyl (C=O) groups excluding carboxylic acids is 1. The number of likely N-dealkylation sites (tertiary alicyclic amines) is 1. The maximum atomic E-state index is 13.9. The van der Waals surface area contributed by atoms with Gasteiger partial charge in [0.15, 0.2) is 11.6 Å². The van der Waals surface area contributed by atoms with Gasteiger partial charge >= 0.3 is 6.03 Å². The highest BCUT2D eigenvalue weighted by Crippen LogP contribution is 2.19. The van der Waals surface area contributed by atoms with Crippen LogP contribution >= 0.6 is 0 Å². The van der Waals surface area contributed by atoms with Crippen LogP contribution in [0.5, 0.6) is 5.75 Å². The Bertz CT molecular complexity index is 514. The lowest BCUT2D eigenvalue weighted by molar-refractivity contribution is 0.154. The number of rotatable bonds is 4. The fourth-order valence-corrected chi connectivity index (χ4v) is 2.32. The number of aromatic nitrogens is 1. The number of methoxy groups -OCH3 is 1. The molecule has 0 aliphatic carbocycles. The second kappa shape index (κ2) is 6.68. The van der Waals surface area contributed by atoms with Gasteiger partial charge in [0, 0.05) is 18.8 Å². The highest BCUT2D eigenvalue weighted by molar-refractivity contribution is 5.75. The van der Waals surface area contributed by atoms with Gasteiger partial charge in [0.05, 0.1) is 38.1 Å². The molecule has 0 saturated carbocycles. The van der Waals surface area contributed by atoms with Crippen LogP contribution in [0.4, 0.5) is 9.18 Å². The molecule has 8 heteroatoms. The minimum Gasteiger partial charge on any atom is -0.494 e.